The normalized spacial score (nSPS) is 39.1. The average Bonchev–Trinajstić information content (AvgIpc) is 3.62. The van der Waals surface area contributed by atoms with Crippen molar-refractivity contribution >= 4 is 11.9 Å². The number of carbonyl (C=O) groups is 2. The number of hydrogen-bond acceptors (Lipinski definition) is 7. The lowest BCUT2D eigenvalue weighted by molar-refractivity contribution is -0.203. The van der Waals surface area contributed by atoms with Crippen LogP contribution >= 0.6 is 0 Å². The molecule has 2 spiro atoms. The van der Waals surface area contributed by atoms with Gasteiger partial charge in [-0.2, -0.15) is 0 Å². The van der Waals surface area contributed by atoms with Gasteiger partial charge in [0.25, 0.3) is 0 Å². The quantitative estimate of drug-likeness (QED) is 0.356. The SMILES string of the molecule is COC(=O)/C=C/C(=O)NC1C[C@@]23C=CC1(OC)[C@@H]1Oc4c(O)ccc5c4[C@@]12CCN(CC1CC1)[C@@H]3C5. The van der Waals surface area contributed by atoms with E-state index in [1.54, 1.807) is 13.2 Å². The highest BCUT2D eigenvalue weighted by molar-refractivity contribution is 5.94. The summed E-state index contributed by atoms with van der Waals surface area (Å²) in [7, 11) is 2.94. The molecule has 36 heavy (non-hydrogen) atoms. The van der Waals surface area contributed by atoms with E-state index in [1.165, 1.54) is 31.6 Å². The minimum atomic E-state index is -0.903. The number of fused-ring (bicyclic) bond motifs is 1. The number of phenols is 1. The van der Waals surface area contributed by atoms with E-state index in [1.807, 2.05) is 0 Å². The molecule has 1 aromatic carbocycles. The minimum absolute atomic E-state index is 0.166. The standard InChI is InChI=1S/C28H32N2O6/c1-34-22(33)8-7-21(32)29-19-14-26-9-10-28(19,35-2)25-27(26)11-12-30(15-16-3-4-16)20(26)13-17-5-6-18(31)24(36-25)23(17)27/h5-10,16,19-20,25,31H,3-4,11-15H2,1-2H3,(H,29,32)/b8-7+/t19?,20-,25-,26-,27+,28?/m1/s1. The molecule has 2 aliphatic heterocycles. The molecule has 8 rings (SSSR count). The lowest BCUT2D eigenvalue weighted by Gasteiger charge is -2.71. The zero-order valence-electron chi connectivity index (χ0n) is 20.7. The Bertz CT molecular complexity index is 1220. The topological polar surface area (TPSA) is 97.3 Å². The minimum Gasteiger partial charge on any atom is -0.504 e. The molecule has 2 heterocycles. The maximum atomic E-state index is 12.9. The highest BCUT2D eigenvalue weighted by Gasteiger charge is 2.79. The largest absolute Gasteiger partial charge is 0.504 e. The van der Waals surface area contributed by atoms with Gasteiger partial charge in [-0.15, -0.1) is 0 Å². The molecule has 1 saturated heterocycles. The van der Waals surface area contributed by atoms with Crippen molar-refractivity contribution in [2.45, 2.75) is 61.3 Å². The molecule has 1 amide bonds. The Labute approximate surface area is 210 Å². The molecule has 3 fully saturated rings. The van der Waals surface area contributed by atoms with Crippen molar-refractivity contribution in [1.82, 2.24) is 10.2 Å². The average molecular weight is 493 g/mol. The summed E-state index contributed by atoms with van der Waals surface area (Å²) in [5.74, 6) is 0.570. The molecule has 5 aliphatic carbocycles. The first kappa shape index (κ1) is 22.4. The highest BCUT2D eigenvalue weighted by atomic mass is 16.6. The zero-order chi connectivity index (χ0) is 24.9. The fourth-order valence-electron chi connectivity index (χ4n) is 8.37. The van der Waals surface area contributed by atoms with Crippen LogP contribution in [0.15, 0.2) is 36.4 Å². The predicted octanol–water partition coefficient (Wildman–Crippen LogP) is 1.99. The van der Waals surface area contributed by atoms with Crippen molar-refractivity contribution in [3.63, 3.8) is 0 Å². The van der Waals surface area contributed by atoms with Gasteiger partial charge >= 0.3 is 5.97 Å². The number of aromatic hydroxyl groups is 1. The number of piperidine rings is 1. The molecule has 7 aliphatic rings. The number of rotatable bonds is 6. The van der Waals surface area contributed by atoms with Crippen LogP contribution in [-0.4, -0.2) is 73.0 Å². The van der Waals surface area contributed by atoms with Crippen molar-refractivity contribution in [3.8, 4) is 11.5 Å². The summed E-state index contributed by atoms with van der Waals surface area (Å²) >= 11 is 0. The molecule has 8 heteroatoms. The summed E-state index contributed by atoms with van der Waals surface area (Å²) < 4.78 is 17.6. The molecule has 1 aromatic rings. The van der Waals surface area contributed by atoms with E-state index in [2.05, 4.69) is 33.2 Å². The third-order valence-corrected chi connectivity index (χ3v) is 9.99. The number of ether oxygens (including phenoxy) is 3. The van der Waals surface area contributed by atoms with Crippen LogP contribution in [0.3, 0.4) is 0 Å². The van der Waals surface area contributed by atoms with Crippen molar-refractivity contribution in [2.24, 2.45) is 11.3 Å². The van der Waals surface area contributed by atoms with Gasteiger partial charge in [0.05, 0.1) is 18.6 Å². The van der Waals surface area contributed by atoms with Gasteiger partial charge in [0.1, 0.15) is 11.7 Å². The van der Waals surface area contributed by atoms with E-state index in [-0.39, 0.29) is 40.7 Å². The Kier molecular flexibility index (Phi) is 4.57. The second kappa shape index (κ2) is 7.35. The molecule has 0 aromatic heterocycles. The lowest BCUT2D eigenvalue weighted by atomic mass is 9.38. The van der Waals surface area contributed by atoms with Gasteiger partial charge in [0.2, 0.25) is 5.91 Å². The number of nitrogens with one attached hydrogen (secondary N) is 1. The van der Waals surface area contributed by atoms with Crippen molar-refractivity contribution in [3.05, 3.63) is 47.6 Å². The maximum Gasteiger partial charge on any atom is 0.330 e. The molecule has 2 saturated carbocycles. The van der Waals surface area contributed by atoms with E-state index >= 15 is 0 Å². The number of amides is 1. The Hall–Kier alpha value is -2.84. The summed E-state index contributed by atoms with van der Waals surface area (Å²) in [6.07, 6.45) is 11.5. The van der Waals surface area contributed by atoms with Gasteiger partial charge in [0, 0.05) is 42.8 Å². The number of carbonyl (C=O) groups excluding carboxylic acids is 2. The van der Waals surface area contributed by atoms with E-state index in [0.717, 1.165) is 43.5 Å². The van der Waals surface area contributed by atoms with E-state index < -0.39 is 11.6 Å². The van der Waals surface area contributed by atoms with Crippen molar-refractivity contribution in [1.29, 1.82) is 0 Å². The van der Waals surface area contributed by atoms with Crippen molar-refractivity contribution in [2.75, 3.05) is 27.3 Å². The summed E-state index contributed by atoms with van der Waals surface area (Å²) in [5, 5.41) is 14.0. The van der Waals surface area contributed by atoms with Gasteiger partial charge in [-0.3, -0.25) is 9.69 Å². The Morgan fingerprint density at radius 2 is 2.08 bits per heavy atom. The number of phenolic OH excluding ortho intramolecular Hbond substituents is 1. The van der Waals surface area contributed by atoms with Crippen LogP contribution < -0.4 is 10.1 Å². The Morgan fingerprint density at radius 1 is 1.25 bits per heavy atom. The smallest absolute Gasteiger partial charge is 0.330 e. The second-order valence-corrected chi connectivity index (χ2v) is 11.4. The molecule has 190 valence electrons. The monoisotopic (exact) mass is 492 g/mol. The van der Waals surface area contributed by atoms with Gasteiger partial charge in [-0.1, -0.05) is 18.2 Å². The number of benzene rings is 1. The van der Waals surface area contributed by atoms with E-state index in [9.17, 15) is 14.7 Å². The molecule has 0 radical (unpaired) electrons. The van der Waals surface area contributed by atoms with Crippen LogP contribution in [0, 0.1) is 11.3 Å². The maximum absolute atomic E-state index is 12.9. The summed E-state index contributed by atoms with van der Waals surface area (Å²) in [6.45, 7) is 2.10. The fraction of sp³-hybridized carbons (Fsp3) is 0.571. The summed E-state index contributed by atoms with van der Waals surface area (Å²) in [4.78, 5) is 27.2. The third kappa shape index (κ3) is 2.61. The predicted molar refractivity (Wildman–Crippen MR) is 130 cm³/mol. The lowest BCUT2D eigenvalue weighted by Crippen LogP contribution is -2.82. The van der Waals surface area contributed by atoms with Crippen LogP contribution in [0.4, 0.5) is 0 Å². The third-order valence-electron chi connectivity index (χ3n) is 9.99. The first-order valence-electron chi connectivity index (χ1n) is 13.0. The number of likely N-dealkylation sites (tertiary alicyclic amines) is 1. The van der Waals surface area contributed by atoms with Gasteiger partial charge in [0.15, 0.2) is 11.5 Å². The Balaban J connectivity index is 1.36. The van der Waals surface area contributed by atoms with Gasteiger partial charge < -0.3 is 24.6 Å². The zero-order valence-corrected chi connectivity index (χ0v) is 20.7. The fourth-order valence-corrected chi connectivity index (χ4v) is 8.37. The van der Waals surface area contributed by atoms with E-state index in [0.29, 0.717) is 12.2 Å². The summed E-state index contributed by atoms with van der Waals surface area (Å²) in [5.41, 5.74) is 0.917. The van der Waals surface area contributed by atoms with Gasteiger partial charge in [-0.25, -0.2) is 4.79 Å². The summed E-state index contributed by atoms with van der Waals surface area (Å²) in [6, 6.07) is 3.75. The second-order valence-electron chi connectivity index (χ2n) is 11.4. The Morgan fingerprint density at radius 3 is 2.83 bits per heavy atom. The van der Waals surface area contributed by atoms with Crippen LogP contribution in [0.5, 0.6) is 11.5 Å². The first-order chi connectivity index (χ1) is 17.4. The number of hydrogen-bond donors (Lipinski definition) is 2. The molecule has 8 nitrogen and oxygen atoms in total. The first-order valence-corrected chi connectivity index (χ1v) is 13.0. The molecule has 4 bridgehead atoms. The molecule has 2 N–H and O–H groups in total. The van der Waals surface area contributed by atoms with Crippen molar-refractivity contribution < 1.29 is 28.9 Å². The molecular formula is C28H32N2O6. The molecule has 6 atom stereocenters. The number of methoxy groups -OCH3 is 2. The highest BCUT2D eigenvalue weighted by Crippen LogP contribution is 2.73. The van der Waals surface area contributed by atoms with Crippen LogP contribution in [0.1, 0.15) is 36.8 Å². The van der Waals surface area contributed by atoms with Crippen LogP contribution in [0.2, 0.25) is 0 Å². The molecule has 2 unspecified atom stereocenters. The number of esters is 1. The molecular weight excluding hydrogens is 460 g/mol. The van der Waals surface area contributed by atoms with Gasteiger partial charge in [-0.05, 0) is 56.2 Å². The van der Waals surface area contributed by atoms with E-state index in [4.69, 9.17) is 9.47 Å². The van der Waals surface area contributed by atoms with Crippen LogP contribution in [-0.2, 0) is 30.9 Å². The van der Waals surface area contributed by atoms with Crippen LogP contribution in [0.25, 0.3) is 0 Å². The number of nitrogens with zero attached hydrogens (tertiary/aromatic N) is 1.